The van der Waals surface area contributed by atoms with Gasteiger partial charge in [0.05, 0.1) is 49.9 Å². The molecule has 0 radical (unpaired) electrons. The summed E-state index contributed by atoms with van der Waals surface area (Å²) in [5, 5.41) is 32.4. The Hall–Kier alpha value is -6.47. The van der Waals surface area contributed by atoms with Crippen molar-refractivity contribution in [2.75, 3.05) is 148 Å². The first kappa shape index (κ1) is 74.6. The summed E-state index contributed by atoms with van der Waals surface area (Å²) in [5.41, 5.74) is 1.89. The molecule has 6 amide bonds. The Morgan fingerprint density at radius 3 is 2.07 bits per heavy atom. The lowest BCUT2D eigenvalue weighted by molar-refractivity contribution is -0.140. The fourth-order valence-electron chi connectivity index (χ4n) is 10.7. The molecule has 3 aliphatic heterocycles. The third-order valence-electron chi connectivity index (χ3n) is 15.8. The fraction of sp³-hybridized carbons (Fsp3) is 0.581. The number of halogens is 3. The van der Waals surface area contributed by atoms with Crippen LogP contribution in [0.25, 0.3) is 10.9 Å². The van der Waals surface area contributed by atoms with Gasteiger partial charge >= 0.3 is 5.97 Å². The van der Waals surface area contributed by atoms with Gasteiger partial charge < -0.3 is 55.5 Å². The molecule has 25 nitrogen and oxygen atoms in total. The Kier molecular flexibility index (Phi) is 32.4. The van der Waals surface area contributed by atoms with Gasteiger partial charge in [0.1, 0.15) is 31.4 Å². The third-order valence-corrected chi connectivity index (χ3v) is 18.6. The van der Waals surface area contributed by atoms with E-state index >= 15 is 0 Å². The van der Waals surface area contributed by atoms with Crippen molar-refractivity contribution >= 4 is 111 Å². The highest BCUT2D eigenvalue weighted by Gasteiger charge is 2.46. The Balaban J connectivity index is 0.932. The van der Waals surface area contributed by atoms with Crippen LogP contribution in [-0.4, -0.2) is 271 Å². The highest BCUT2D eigenvalue weighted by Crippen LogP contribution is 2.32. The summed E-state index contributed by atoms with van der Waals surface area (Å²) < 4.78 is 45.2. The van der Waals surface area contributed by atoms with Gasteiger partial charge in [-0.05, 0) is 109 Å². The summed E-state index contributed by atoms with van der Waals surface area (Å²) in [4.78, 5) is 128. The molecule has 0 saturated carbocycles. The number of benzene rings is 2. The maximum absolute atomic E-state index is 14.0. The second kappa shape index (κ2) is 39.9. The van der Waals surface area contributed by atoms with Crippen LogP contribution < -0.4 is 26.0 Å². The molecular weight excluding hydrogens is 1350 g/mol. The molecule has 3 saturated heterocycles. The zero-order valence-electron chi connectivity index (χ0n) is 51.5. The van der Waals surface area contributed by atoms with Crippen LogP contribution in [0.15, 0.2) is 54.7 Å². The molecule has 92 heavy (non-hydrogen) atoms. The summed E-state index contributed by atoms with van der Waals surface area (Å²) >= 11 is 4.92. The number of aryl methyl sites for hydroxylation is 1. The van der Waals surface area contributed by atoms with E-state index < -0.39 is 73.2 Å². The number of nitrogens with one attached hydrogen (secondary N) is 4. The molecule has 3 atom stereocenters. The largest absolute Gasteiger partial charge is 0.494 e. The fourth-order valence-corrected chi connectivity index (χ4v) is 12.8. The number of rotatable bonds is 35. The second-order valence-electron chi connectivity index (χ2n) is 22.6. The topological polar surface area (TPSA) is 302 Å². The predicted octanol–water partition coefficient (Wildman–Crippen LogP) is 1.97. The van der Waals surface area contributed by atoms with Gasteiger partial charge in [-0.25, -0.2) is 8.78 Å². The number of likely N-dealkylation sites (tertiary alicyclic amines) is 2. The Bertz CT molecular complexity index is 2950. The molecule has 2 aromatic carbocycles. The number of carboxylic acid groups (broad SMARTS) is 1. The van der Waals surface area contributed by atoms with Gasteiger partial charge in [0.15, 0.2) is 0 Å². The summed E-state index contributed by atoms with van der Waals surface area (Å²) in [7, 11) is 0. The number of amides is 6. The van der Waals surface area contributed by atoms with Crippen molar-refractivity contribution in [2.24, 2.45) is 5.92 Å². The summed E-state index contributed by atoms with van der Waals surface area (Å²) in [5.74, 6) is -2.69. The number of hydrogen-bond acceptors (Lipinski definition) is 20. The molecule has 30 heteroatoms. The van der Waals surface area contributed by atoms with Gasteiger partial charge in [-0.1, -0.05) is 18.1 Å². The van der Waals surface area contributed by atoms with Crippen LogP contribution >= 0.6 is 46.1 Å². The number of thioether (sulfide) groups is 2. The Labute approximate surface area is 557 Å². The number of aromatic nitrogens is 1. The first-order valence-corrected chi connectivity index (χ1v) is 34.1. The van der Waals surface area contributed by atoms with E-state index in [0.717, 1.165) is 39.7 Å². The number of aliphatic hydroxyl groups excluding tert-OH is 1. The predicted molar refractivity (Wildman–Crippen MR) is 350 cm³/mol. The van der Waals surface area contributed by atoms with E-state index in [1.807, 2.05) is 39.0 Å². The van der Waals surface area contributed by atoms with Crippen molar-refractivity contribution in [3.63, 3.8) is 0 Å². The SMILES string of the molecule is C#C[C@H]1CC(F)(F)CN1C(=O)CNC(=O)c1ccnc2ccc(OCCCC3CCN(C(=O)[C@H](O)CSCCNC(=O)C(CSCCNC(=O)CCCc4ccc(I)cc4)NC(=O)CN4CCN(COC=O)CCN(COC=O)CCN(CC(=O)O)CC4)CC3)cc12. The van der Waals surface area contributed by atoms with Crippen LogP contribution in [0.5, 0.6) is 5.75 Å². The average molecular weight is 1440 g/mol. The van der Waals surface area contributed by atoms with E-state index in [2.05, 4.69) is 54.8 Å². The van der Waals surface area contributed by atoms with Gasteiger partial charge in [-0.2, -0.15) is 23.5 Å². The summed E-state index contributed by atoms with van der Waals surface area (Å²) in [6.07, 6.45) is 9.77. The van der Waals surface area contributed by atoms with Crippen molar-refractivity contribution in [3.05, 3.63) is 69.4 Å². The van der Waals surface area contributed by atoms with Gasteiger partial charge in [-0.3, -0.25) is 67.7 Å². The quantitative estimate of drug-likeness (QED) is 0.0212. The van der Waals surface area contributed by atoms with Crippen LogP contribution in [0.3, 0.4) is 0 Å². The number of fused-ring (bicyclic) bond motifs is 1. The molecule has 504 valence electrons. The minimum Gasteiger partial charge on any atom is -0.494 e. The first-order valence-electron chi connectivity index (χ1n) is 30.7. The van der Waals surface area contributed by atoms with E-state index in [0.29, 0.717) is 132 Å². The molecule has 0 spiro atoms. The number of carbonyl (C=O) groups is 9. The van der Waals surface area contributed by atoms with E-state index in [1.165, 1.54) is 35.8 Å². The van der Waals surface area contributed by atoms with Crippen LogP contribution in [0.4, 0.5) is 8.78 Å². The average Bonchev–Trinajstić information content (AvgIpc) is 1.30. The standard InChI is InChI=1S/C62H84F2IN11O14S2/c1-2-48-34-62(63,64)40-76(48)57(82)35-69-59(85)50-14-17-66-52-13-12-49(33-51(50)52)90-30-4-6-46-15-20-75(21-16-46)61(87)54(79)39-92-32-19-68-60(86)53(38-91-31-18-67-55(80)7-3-5-45-8-10-47(65)11-9-45)70-56(81)36-71-22-23-72(37-58(83)84)25-27-74(42-89-44-78)29-28-73(26-24-71)41-88-43-77/h1,8-14,17,33,43-44,46,48,53-54,79H,3-7,15-16,18-32,34-42H2,(H,67,80)(H,68,86)(H,69,85)(H,70,81)(H,83,84)/t48-,53?,54+/m0/s1. The lowest BCUT2D eigenvalue weighted by Crippen LogP contribution is -2.53. The number of alkyl halides is 2. The molecule has 6 rings (SSSR count). The maximum Gasteiger partial charge on any atom is 0.317 e. The second-order valence-corrected chi connectivity index (χ2v) is 26.2. The highest BCUT2D eigenvalue weighted by atomic mass is 127. The molecule has 0 aliphatic carbocycles. The van der Waals surface area contributed by atoms with Crippen LogP contribution in [0, 0.1) is 21.8 Å². The molecule has 3 aromatic rings. The number of aliphatic hydroxyl groups is 1. The van der Waals surface area contributed by atoms with E-state index in [1.54, 1.807) is 28.0 Å². The Morgan fingerprint density at radius 1 is 0.793 bits per heavy atom. The lowest BCUT2D eigenvalue weighted by atomic mass is 9.92. The van der Waals surface area contributed by atoms with Gasteiger partial charge in [0.2, 0.25) is 23.6 Å². The number of carbonyl (C=O) groups excluding carboxylic acids is 8. The number of piperidine rings is 1. The minimum atomic E-state index is -3.10. The smallest absolute Gasteiger partial charge is 0.317 e. The minimum absolute atomic E-state index is 0.0159. The zero-order chi connectivity index (χ0) is 66.3. The van der Waals surface area contributed by atoms with Crippen molar-refractivity contribution in [1.82, 2.24) is 55.7 Å². The van der Waals surface area contributed by atoms with Gasteiger partial charge in [-0.15, -0.1) is 6.42 Å². The van der Waals surface area contributed by atoms with Crippen LogP contribution in [0.1, 0.15) is 60.9 Å². The van der Waals surface area contributed by atoms with Crippen molar-refractivity contribution in [2.45, 2.75) is 75.5 Å². The molecular formula is C62H84F2IN11O14S2. The summed E-state index contributed by atoms with van der Waals surface area (Å²) in [6.45, 7) is 3.39. The van der Waals surface area contributed by atoms with Crippen LogP contribution in [-0.2, 0) is 54.3 Å². The number of hydrogen-bond donors (Lipinski definition) is 6. The van der Waals surface area contributed by atoms with E-state index in [-0.39, 0.29) is 75.1 Å². The molecule has 1 aromatic heterocycles. The number of aliphatic carboxylic acids is 1. The summed E-state index contributed by atoms with van der Waals surface area (Å²) in [6, 6.07) is 12.7. The van der Waals surface area contributed by atoms with Crippen molar-refractivity contribution in [1.29, 1.82) is 0 Å². The first-order chi connectivity index (χ1) is 44.3. The third kappa shape index (κ3) is 26.5. The monoisotopic (exact) mass is 1440 g/mol. The number of terminal acetylenes is 1. The molecule has 1 unspecified atom stereocenters. The molecule has 0 bridgehead atoms. The van der Waals surface area contributed by atoms with Crippen LogP contribution in [0.2, 0.25) is 0 Å². The number of nitrogens with zero attached hydrogens (tertiary/aromatic N) is 7. The van der Waals surface area contributed by atoms with Crippen molar-refractivity contribution < 1.29 is 76.4 Å². The van der Waals surface area contributed by atoms with Gasteiger partial charge in [0, 0.05) is 130 Å². The highest BCUT2D eigenvalue weighted by molar-refractivity contribution is 14.1. The lowest BCUT2D eigenvalue weighted by Gasteiger charge is -2.33. The molecule has 3 fully saturated rings. The van der Waals surface area contributed by atoms with Gasteiger partial charge in [0.25, 0.3) is 30.7 Å². The van der Waals surface area contributed by atoms with E-state index in [4.69, 9.17) is 20.6 Å². The Morgan fingerprint density at radius 2 is 1.42 bits per heavy atom. The number of pyridine rings is 1. The molecule has 4 heterocycles. The normalized spacial score (nSPS) is 17.8. The van der Waals surface area contributed by atoms with E-state index in [9.17, 15) is 62.1 Å². The molecule has 3 aliphatic rings. The number of carboxylic acids is 1. The maximum atomic E-state index is 14.0. The molecule has 6 N–H and O–H groups in total. The number of ether oxygens (including phenoxy) is 3. The van der Waals surface area contributed by atoms with Crippen molar-refractivity contribution in [3.8, 4) is 18.1 Å². The zero-order valence-corrected chi connectivity index (χ0v) is 55.3.